The van der Waals surface area contributed by atoms with E-state index in [4.69, 9.17) is 4.74 Å². The van der Waals surface area contributed by atoms with Crippen molar-refractivity contribution >= 4 is 23.4 Å². The third-order valence-corrected chi connectivity index (χ3v) is 6.75. The molecule has 1 aromatic carbocycles. The van der Waals surface area contributed by atoms with Crippen LogP contribution in [0.4, 0.5) is 16.2 Å². The number of hydrogen-bond donors (Lipinski definition) is 3. The molecular formula is C24H35N3O3. The molecule has 30 heavy (non-hydrogen) atoms. The normalized spacial score (nSPS) is 30.5. The van der Waals surface area contributed by atoms with E-state index in [2.05, 4.69) is 16.0 Å². The van der Waals surface area contributed by atoms with Crippen molar-refractivity contribution in [2.24, 2.45) is 17.8 Å². The molecule has 4 saturated carbocycles. The Morgan fingerprint density at radius 1 is 1.00 bits per heavy atom. The predicted molar refractivity (Wildman–Crippen MR) is 118 cm³/mol. The Labute approximate surface area is 179 Å². The fourth-order valence-electron chi connectivity index (χ4n) is 6.04. The van der Waals surface area contributed by atoms with Gasteiger partial charge in [-0.1, -0.05) is 12.1 Å². The molecule has 1 unspecified atom stereocenters. The van der Waals surface area contributed by atoms with Gasteiger partial charge in [0, 0.05) is 5.54 Å². The molecule has 0 spiro atoms. The Hall–Kier alpha value is -2.24. The molecular weight excluding hydrogens is 378 g/mol. The highest BCUT2D eigenvalue weighted by Gasteiger charge is 2.51. The fraction of sp³-hybridized carbons (Fsp3) is 0.667. The van der Waals surface area contributed by atoms with Crippen LogP contribution in [0.15, 0.2) is 24.3 Å². The molecule has 6 heteroatoms. The molecule has 0 saturated heterocycles. The van der Waals surface area contributed by atoms with Crippen molar-refractivity contribution < 1.29 is 14.3 Å². The molecule has 1 atom stereocenters. The highest BCUT2D eigenvalue weighted by atomic mass is 16.6. The molecule has 6 nitrogen and oxygen atoms in total. The van der Waals surface area contributed by atoms with Crippen molar-refractivity contribution in [1.82, 2.24) is 5.32 Å². The van der Waals surface area contributed by atoms with Crippen LogP contribution in [0.2, 0.25) is 0 Å². The number of rotatable bonds is 5. The first kappa shape index (κ1) is 21.0. The van der Waals surface area contributed by atoms with E-state index >= 15 is 0 Å². The third-order valence-electron chi connectivity index (χ3n) is 6.75. The minimum absolute atomic E-state index is 0.163. The first-order valence-corrected chi connectivity index (χ1v) is 11.3. The molecule has 4 aliphatic rings. The summed E-state index contributed by atoms with van der Waals surface area (Å²) in [6.45, 7) is 7.05. The van der Waals surface area contributed by atoms with Gasteiger partial charge in [0.05, 0.1) is 11.4 Å². The second-order valence-electron chi connectivity index (χ2n) is 10.7. The SMILES string of the molecule is CC(NC(=O)OC(C)(C)C)C(=O)Nc1ccccc1NC12CC3CC(CC(C3)C1)C2. The van der Waals surface area contributed by atoms with E-state index in [0.717, 1.165) is 29.1 Å². The van der Waals surface area contributed by atoms with Crippen molar-refractivity contribution in [3.63, 3.8) is 0 Å². The highest BCUT2D eigenvalue weighted by molar-refractivity contribution is 5.98. The maximum atomic E-state index is 12.7. The van der Waals surface area contributed by atoms with Crippen molar-refractivity contribution in [1.29, 1.82) is 0 Å². The van der Waals surface area contributed by atoms with Crippen LogP contribution in [0, 0.1) is 17.8 Å². The standard InChI is InChI=1S/C24H35N3O3/c1-15(25-22(29)30-23(2,3)4)21(28)26-19-7-5-6-8-20(19)27-24-12-16-9-17(13-24)11-18(10-16)14-24/h5-8,15-18,27H,9-14H2,1-4H3,(H,25,29)(H,26,28). The molecule has 4 fully saturated rings. The Balaban J connectivity index is 1.41. The molecule has 4 aliphatic carbocycles. The van der Waals surface area contributed by atoms with Gasteiger partial charge in [0.25, 0.3) is 0 Å². The van der Waals surface area contributed by atoms with Gasteiger partial charge in [-0.15, -0.1) is 0 Å². The quantitative estimate of drug-likeness (QED) is 0.640. The number of amides is 2. The van der Waals surface area contributed by atoms with Crippen LogP contribution in [0.1, 0.15) is 66.2 Å². The second-order valence-corrected chi connectivity index (χ2v) is 10.7. The third kappa shape index (κ3) is 4.73. The fourth-order valence-corrected chi connectivity index (χ4v) is 6.04. The largest absolute Gasteiger partial charge is 0.444 e. The summed E-state index contributed by atoms with van der Waals surface area (Å²) in [7, 11) is 0. The molecule has 4 bridgehead atoms. The predicted octanol–water partition coefficient (Wildman–Crippen LogP) is 4.92. The first-order valence-electron chi connectivity index (χ1n) is 11.3. The number of alkyl carbamates (subject to hydrolysis) is 1. The summed E-state index contributed by atoms with van der Waals surface area (Å²) >= 11 is 0. The molecule has 0 radical (unpaired) electrons. The monoisotopic (exact) mass is 413 g/mol. The van der Waals surface area contributed by atoms with E-state index in [9.17, 15) is 9.59 Å². The molecule has 2 amide bonds. The number of hydrogen-bond acceptors (Lipinski definition) is 4. The minimum Gasteiger partial charge on any atom is -0.444 e. The van der Waals surface area contributed by atoms with Crippen molar-refractivity contribution in [3.05, 3.63) is 24.3 Å². The van der Waals surface area contributed by atoms with E-state index in [1.807, 2.05) is 24.3 Å². The van der Waals surface area contributed by atoms with Gasteiger partial charge in [0.15, 0.2) is 0 Å². The zero-order valence-corrected chi connectivity index (χ0v) is 18.6. The average molecular weight is 414 g/mol. The number of benzene rings is 1. The molecule has 3 N–H and O–H groups in total. The number of para-hydroxylation sites is 2. The lowest BCUT2D eigenvalue weighted by Crippen LogP contribution is -2.54. The lowest BCUT2D eigenvalue weighted by molar-refractivity contribution is -0.117. The zero-order valence-electron chi connectivity index (χ0n) is 18.6. The van der Waals surface area contributed by atoms with Gasteiger partial charge in [-0.2, -0.15) is 0 Å². The molecule has 164 valence electrons. The second kappa shape index (κ2) is 7.78. The average Bonchev–Trinajstić information content (AvgIpc) is 2.60. The summed E-state index contributed by atoms with van der Waals surface area (Å²) in [6, 6.07) is 7.18. The van der Waals surface area contributed by atoms with Crippen LogP contribution in [0.3, 0.4) is 0 Å². The Morgan fingerprint density at radius 3 is 2.07 bits per heavy atom. The lowest BCUT2D eigenvalue weighted by atomic mass is 9.53. The van der Waals surface area contributed by atoms with Gasteiger partial charge in [-0.05, 0) is 96.1 Å². The number of carbonyl (C=O) groups is 2. The molecule has 5 rings (SSSR count). The summed E-state index contributed by atoms with van der Waals surface area (Å²) < 4.78 is 5.25. The molecule has 1 aromatic rings. The lowest BCUT2D eigenvalue weighted by Gasteiger charge is -2.57. The van der Waals surface area contributed by atoms with Gasteiger partial charge >= 0.3 is 6.09 Å². The van der Waals surface area contributed by atoms with Gasteiger partial charge in [-0.25, -0.2) is 4.79 Å². The zero-order chi connectivity index (χ0) is 21.5. The van der Waals surface area contributed by atoms with Crippen LogP contribution in [0.5, 0.6) is 0 Å². The maximum absolute atomic E-state index is 12.7. The van der Waals surface area contributed by atoms with Crippen LogP contribution >= 0.6 is 0 Å². The Morgan fingerprint density at radius 2 is 1.53 bits per heavy atom. The summed E-state index contributed by atoms with van der Waals surface area (Å²) in [6.07, 6.45) is 7.30. The van der Waals surface area contributed by atoms with Gasteiger partial charge in [-0.3, -0.25) is 4.79 Å². The van der Waals surface area contributed by atoms with Crippen LogP contribution in [-0.4, -0.2) is 29.2 Å². The van der Waals surface area contributed by atoms with Crippen molar-refractivity contribution in [2.75, 3.05) is 10.6 Å². The van der Waals surface area contributed by atoms with Gasteiger partial charge < -0.3 is 20.7 Å². The Bertz CT molecular complexity index is 779. The van der Waals surface area contributed by atoms with E-state index in [1.54, 1.807) is 27.7 Å². The van der Waals surface area contributed by atoms with Gasteiger partial charge in [0.1, 0.15) is 11.6 Å². The van der Waals surface area contributed by atoms with E-state index in [1.165, 1.54) is 38.5 Å². The van der Waals surface area contributed by atoms with E-state index < -0.39 is 17.7 Å². The van der Waals surface area contributed by atoms with Crippen LogP contribution in [-0.2, 0) is 9.53 Å². The van der Waals surface area contributed by atoms with Crippen LogP contribution in [0.25, 0.3) is 0 Å². The smallest absolute Gasteiger partial charge is 0.408 e. The summed E-state index contributed by atoms with van der Waals surface area (Å²) in [5.74, 6) is 2.29. The number of carbonyl (C=O) groups excluding carboxylic acids is 2. The maximum Gasteiger partial charge on any atom is 0.408 e. The Kier molecular flexibility index (Phi) is 5.45. The number of ether oxygens (including phenoxy) is 1. The van der Waals surface area contributed by atoms with E-state index in [-0.39, 0.29) is 11.4 Å². The molecule has 0 aliphatic heterocycles. The van der Waals surface area contributed by atoms with Gasteiger partial charge in [0.2, 0.25) is 5.91 Å². The highest BCUT2D eigenvalue weighted by Crippen LogP contribution is 2.56. The topological polar surface area (TPSA) is 79.5 Å². The summed E-state index contributed by atoms with van der Waals surface area (Å²) in [5, 5.41) is 9.44. The number of nitrogens with one attached hydrogen (secondary N) is 3. The number of anilines is 2. The first-order chi connectivity index (χ1) is 14.1. The summed E-state index contributed by atoms with van der Waals surface area (Å²) in [5.41, 5.74) is 1.29. The minimum atomic E-state index is -0.701. The molecule has 0 heterocycles. The molecule has 0 aromatic heterocycles. The van der Waals surface area contributed by atoms with Crippen molar-refractivity contribution in [3.8, 4) is 0 Å². The van der Waals surface area contributed by atoms with Crippen LogP contribution < -0.4 is 16.0 Å². The van der Waals surface area contributed by atoms with E-state index in [0.29, 0.717) is 0 Å². The summed E-state index contributed by atoms with van der Waals surface area (Å²) in [4.78, 5) is 24.7. The van der Waals surface area contributed by atoms with Crippen molar-refractivity contribution in [2.45, 2.75) is 83.4 Å².